The van der Waals surface area contributed by atoms with E-state index < -0.39 is 25.4 Å². The molecule has 0 N–H and O–H groups in total. The molecule has 0 aromatic heterocycles. The monoisotopic (exact) mass is 428 g/mol. The fourth-order valence-corrected chi connectivity index (χ4v) is 2.96. The van der Waals surface area contributed by atoms with E-state index in [1.165, 1.54) is 36.2 Å². The van der Waals surface area contributed by atoms with Crippen LogP contribution in [0.2, 0.25) is 0 Å². The summed E-state index contributed by atoms with van der Waals surface area (Å²) < 4.78 is 70.2. The van der Waals surface area contributed by atoms with E-state index in [1.54, 1.807) is 24.3 Å². The second-order valence-corrected chi connectivity index (χ2v) is 6.51. The summed E-state index contributed by atoms with van der Waals surface area (Å²) in [6.07, 6.45) is -4.42. The number of rotatable bonds is 7. The van der Waals surface area contributed by atoms with Crippen molar-refractivity contribution in [3.8, 4) is 5.75 Å². The molecule has 0 saturated heterocycles. The number of amides is 1. The first kappa shape index (κ1) is 21.7. The Morgan fingerprint density at radius 2 is 1.83 bits per heavy atom. The maximum absolute atomic E-state index is 12.7. The van der Waals surface area contributed by atoms with Crippen LogP contribution in [0.25, 0.3) is 0 Å². The van der Waals surface area contributed by atoms with Crippen molar-refractivity contribution in [1.82, 2.24) is 4.90 Å². The molecule has 2 aromatic rings. The van der Waals surface area contributed by atoms with Gasteiger partial charge in [0.2, 0.25) is 0 Å². The Kier molecular flexibility index (Phi) is 6.35. The van der Waals surface area contributed by atoms with E-state index in [4.69, 9.17) is 0 Å². The van der Waals surface area contributed by atoms with Crippen LogP contribution >= 0.6 is 0 Å². The van der Waals surface area contributed by atoms with Gasteiger partial charge in [-0.3, -0.25) is 9.69 Å². The molecule has 30 heavy (non-hydrogen) atoms. The first-order valence-electron chi connectivity index (χ1n) is 8.78. The molecule has 0 saturated carbocycles. The molecule has 1 aliphatic rings. The minimum Gasteiger partial charge on any atom is -0.435 e. The van der Waals surface area contributed by atoms with E-state index >= 15 is 0 Å². The minimum absolute atomic E-state index is 0.0237. The smallest absolute Gasteiger partial charge is 0.411 e. The predicted molar refractivity (Wildman–Crippen MR) is 97.3 cm³/mol. The molecule has 0 aliphatic carbocycles. The summed E-state index contributed by atoms with van der Waals surface area (Å²) >= 11 is 0. The largest absolute Gasteiger partial charge is 0.435 e. The van der Waals surface area contributed by atoms with Crippen molar-refractivity contribution in [2.75, 3.05) is 13.7 Å². The molecule has 0 spiro atoms. The molecule has 1 unspecified atom stereocenters. The van der Waals surface area contributed by atoms with Crippen LogP contribution < -0.4 is 4.74 Å². The number of hydrogen-bond acceptors (Lipinski definition) is 4. The van der Waals surface area contributed by atoms with Gasteiger partial charge in [-0.05, 0) is 35.4 Å². The summed E-state index contributed by atoms with van der Waals surface area (Å²) in [4.78, 5) is 18.4. The third-order valence-corrected chi connectivity index (χ3v) is 4.27. The highest BCUT2D eigenvalue weighted by Gasteiger charge is 2.34. The molecule has 2 aromatic carbocycles. The van der Waals surface area contributed by atoms with Crippen molar-refractivity contribution in [1.29, 1.82) is 0 Å². The maximum atomic E-state index is 12.7. The minimum atomic E-state index is -4.42. The summed E-state index contributed by atoms with van der Waals surface area (Å²) in [5.41, 5.74) is 1.51. The Morgan fingerprint density at radius 1 is 1.13 bits per heavy atom. The zero-order valence-electron chi connectivity index (χ0n) is 15.7. The van der Waals surface area contributed by atoms with E-state index in [9.17, 15) is 26.7 Å². The van der Waals surface area contributed by atoms with Gasteiger partial charge in [-0.25, -0.2) is 4.99 Å². The molecule has 1 amide bonds. The van der Waals surface area contributed by atoms with Crippen molar-refractivity contribution < 1.29 is 36.2 Å². The SMILES string of the molecule is CN1C(=O)C(c2cccc(COCC(F)(F)F)c2)N=C1c1ccc(OC(F)F)cc1. The van der Waals surface area contributed by atoms with E-state index in [2.05, 4.69) is 14.5 Å². The van der Waals surface area contributed by atoms with Gasteiger partial charge in [0, 0.05) is 12.6 Å². The molecule has 5 nitrogen and oxygen atoms in total. The van der Waals surface area contributed by atoms with Crippen molar-refractivity contribution in [2.45, 2.75) is 25.4 Å². The lowest BCUT2D eigenvalue weighted by Gasteiger charge is -2.14. The number of aliphatic imine (C=N–C) groups is 1. The van der Waals surface area contributed by atoms with Gasteiger partial charge in [0.15, 0.2) is 6.04 Å². The molecule has 0 bridgehead atoms. The van der Waals surface area contributed by atoms with Crippen LogP contribution in [0, 0.1) is 0 Å². The molecular formula is C20H17F5N2O3. The van der Waals surface area contributed by atoms with Crippen LogP contribution in [0.5, 0.6) is 5.75 Å². The fraction of sp³-hybridized carbons (Fsp3) is 0.300. The number of carbonyl (C=O) groups is 1. The Balaban J connectivity index is 1.77. The molecule has 0 radical (unpaired) electrons. The second kappa shape index (κ2) is 8.78. The number of carbonyl (C=O) groups excluding carboxylic acids is 1. The second-order valence-electron chi connectivity index (χ2n) is 6.51. The van der Waals surface area contributed by atoms with Crippen LogP contribution in [-0.4, -0.2) is 43.1 Å². The van der Waals surface area contributed by atoms with Gasteiger partial charge in [-0.15, -0.1) is 0 Å². The average Bonchev–Trinajstić information content (AvgIpc) is 2.96. The Labute approximate surface area is 168 Å². The Morgan fingerprint density at radius 3 is 2.47 bits per heavy atom. The molecule has 1 atom stereocenters. The van der Waals surface area contributed by atoms with E-state index in [-0.39, 0.29) is 18.3 Å². The molecule has 1 heterocycles. The van der Waals surface area contributed by atoms with Crippen molar-refractivity contribution in [3.05, 3.63) is 65.2 Å². The summed E-state index contributed by atoms with van der Waals surface area (Å²) in [7, 11) is 1.53. The quantitative estimate of drug-likeness (QED) is 0.617. The van der Waals surface area contributed by atoms with Gasteiger partial charge in [0.1, 0.15) is 18.2 Å². The van der Waals surface area contributed by atoms with Gasteiger partial charge in [-0.1, -0.05) is 24.3 Å². The number of halogens is 5. The maximum Gasteiger partial charge on any atom is 0.411 e. The van der Waals surface area contributed by atoms with Crippen LogP contribution in [-0.2, 0) is 16.1 Å². The van der Waals surface area contributed by atoms with Crippen molar-refractivity contribution >= 4 is 11.7 Å². The van der Waals surface area contributed by atoms with Crippen LogP contribution in [0.4, 0.5) is 22.0 Å². The van der Waals surface area contributed by atoms with Gasteiger partial charge in [-0.2, -0.15) is 22.0 Å². The highest BCUT2D eigenvalue weighted by atomic mass is 19.4. The molecular weight excluding hydrogens is 411 g/mol. The standard InChI is InChI=1S/C20H17F5N2O3/c1-27-17(13-5-7-15(8-6-13)30-19(21)22)26-16(18(27)28)14-4-2-3-12(9-14)10-29-11-20(23,24)25/h2-9,16,19H,10-11H2,1H3. The highest BCUT2D eigenvalue weighted by molar-refractivity contribution is 6.13. The molecule has 160 valence electrons. The molecule has 10 heteroatoms. The zero-order chi connectivity index (χ0) is 21.9. The van der Waals surface area contributed by atoms with Gasteiger partial charge in [0.25, 0.3) is 5.91 Å². The summed E-state index contributed by atoms with van der Waals surface area (Å²) in [6.45, 7) is -4.57. The number of amidine groups is 1. The van der Waals surface area contributed by atoms with E-state index in [1.807, 2.05) is 0 Å². The van der Waals surface area contributed by atoms with Gasteiger partial charge in [0.05, 0.1) is 6.61 Å². The van der Waals surface area contributed by atoms with E-state index in [0.717, 1.165) is 0 Å². The molecule has 1 aliphatic heterocycles. The van der Waals surface area contributed by atoms with Crippen molar-refractivity contribution in [3.63, 3.8) is 0 Å². The third-order valence-electron chi connectivity index (χ3n) is 4.27. The molecule has 3 rings (SSSR count). The third kappa shape index (κ3) is 5.32. The van der Waals surface area contributed by atoms with E-state index in [0.29, 0.717) is 22.5 Å². The number of hydrogen-bond donors (Lipinski definition) is 0. The summed E-state index contributed by atoms with van der Waals surface area (Å²) in [5.74, 6) is -0.0111. The van der Waals surface area contributed by atoms with Gasteiger partial charge < -0.3 is 9.47 Å². The first-order valence-corrected chi connectivity index (χ1v) is 8.78. The fourth-order valence-electron chi connectivity index (χ4n) is 2.96. The topological polar surface area (TPSA) is 51.1 Å². The zero-order valence-corrected chi connectivity index (χ0v) is 15.7. The lowest BCUT2D eigenvalue weighted by atomic mass is 10.0. The lowest BCUT2D eigenvalue weighted by molar-refractivity contribution is -0.176. The van der Waals surface area contributed by atoms with Crippen LogP contribution in [0.15, 0.2) is 53.5 Å². The average molecular weight is 428 g/mol. The highest BCUT2D eigenvalue weighted by Crippen LogP contribution is 2.29. The number of likely N-dealkylation sites (N-methyl/N-ethyl adjacent to an activating group) is 1. The molecule has 0 fully saturated rings. The number of nitrogens with zero attached hydrogens (tertiary/aromatic N) is 2. The predicted octanol–water partition coefficient (Wildman–Crippen LogP) is 4.33. The van der Waals surface area contributed by atoms with Crippen molar-refractivity contribution in [2.24, 2.45) is 4.99 Å². The first-order chi connectivity index (χ1) is 14.1. The normalized spacial score (nSPS) is 16.9. The number of alkyl halides is 5. The Bertz CT molecular complexity index is 929. The lowest BCUT2D eigenvalue weighted by Crippen LogP contribution is -2.29. The summed E-state index contributed by atoms with van der Waals surface area (Å²) in [6, 6.07) is 11.2. The van der Waals surface area contributed by atoms with Crippen LogP contribution in [0.3, 0.4) is 0 Å². The Hall–Kier alpha value is -3.01. The number of benzene rings is 2. The van der Waals surface area contributed by atoms with Gasteiger partial charge >= 0.3 is 12.8 Å². The number of ether oxygens (including phenoxy) is 2. The summed E-state index contributed by atoms with van der Waals surface area (Å²) in [5, 5.41) is 0. The van der Waals surface area contributed by atoms with Crippen LogP contribution in [0.1, 0.15) is 22.7 Å².